The van der Waals surface area contributed by atoms with Crippen LogP contribution in [-0.2, 0) is 19.6 Å². The van der Waals surface area contributed by atoms with Crippen LogP contribution in [0.2, 0.25) is 0 Å². The summed E-state index contributed by atoms with van der Waals surface area (Å²) in [4.78, 5) is 28.1. The van der Waals surface area contributed by atoms with Gasteiger partial charge in [0.05, 0.1) is 42.2 Å². The third-order valence-electron chi connectivity index (χ3n) is 5.95. The SMILES string of the molecule is COc1ccc(C)cc1N(CC(=O)Nc1ccccc1C(=O)N1CCOCC1)S(=O)(=O)c1ccccc1. The Bertz CT molecular complexity index is 1370. The second kappa shape index (κ2) is 11.4. The maximum Gasteiger partial charge on any atom is 0.264 e. The lowest BCUT2D eigenvalue weighted by molar-refractivity contribution is -0.114. The van der Waals surface area contributed by atoms with E-state index in [1.165, 1.54) is 19.2 Å². The number of ether oxygens (including phenoxy) is 2. The third kappa shape index (κ3) is 5.92. The number of aryl methyl sites for hydroxylation is 1. The molecule has 194 valence electrons. The van der Waals surface area contributed by atoms with Crippen molar-refractivity contribution >= 4 is 33.2 Å². The Morgan fingerprint density at radius 2 is 1.68 bits per heavy atom. The fourth-order valence-electron chi connectivity index (χ4n) is 4.05. The van der Waals surface area contributed by atoms with Gasteiger partial charge in [-0.05, 0) is 48.9 Å². The van der Waals surface area contributed by atoms with Crippen LogP contribution >= 0.6 is 0 Å². The van der Waals surface area contributed by atoms with E-state index in [0.717, 1.165) is 9.87 Å². The molecule has 0 saturated carbocycles. The molecule has 3 aromatic carbocycles. The highest BCUT2D eigenvalue weighted by molar-refractivity contribution is 7.92. The van der Waals surface area contributed by atoms with Crippen molar-refractivity contribution in [2.45, 2.75) is 11.8 Å². The molecule has 3 aromatic rings. The van der Waals surface area contributed by atoms with Gasteiger partial charge in [-0.25, -0.2) is 8.42 Å². The molecule has 0 spiro atoms. The highest BCUT2D eigenvalue weighted by Crippen LogP contribution is 2.33. The van der Waals surface area contributed by atoms with Gasteiger partial charge in [-0.15, -0.1) is 0 Å². The van der Waals surface area contributed by atoms with Crippen LogP contribution in [0.4, 0.5) is 11.4 Å². The first kappa shape index (κ1) is 26.2. The summed E-state index contributed by atoms with van der Waals surface area (Å²) < 4.78 is 39.2. The molecule has 1 N–H and O–H groups in total. The highest BCUT2D eigenvalue weighted by atomic mass is 32.2. The maximum atomic E-state index is 13.7. The van der Waals surface area contributed by atoms with E-state index >= 15 is 0 Å². The molecule has 0 bridgehead atoms. The van der Waals surface area contributed by atoms with Crippen LogP contribution in [0.5, 0.6) is 5.75 Å². The fraction of sp³-hybridized carbons (Fsp3) is 0.259. The van der Waals surface area contributed by atoms with Crippen molar-refractivity contribution in [3.63, 3.8) is 0 Å². The zero-order valence-corrected chi connectivity index (χ0v) is 21.5. The zero-order valence-electron chi connectivity index (χ0n) is 20.7. The number of para-hydroxylation sites is 1. The average Bonchev–Trinajstić information content (AvgIpc) is 2.92. The standard InChI is InChI=1S/C27H29N3O6S/c1-20-12-13-25(35-2)24(18-20)30(37(33,34)21-8-4-3-5-9-21)19-26(31)28-23-11-7-6-10-22(23)27(32)29-14-16-36-17-15-29/h3-13,18H,14-17,19H2,1-2H3,(H,28,31). The Morgan fingerprint density at radius 3 is 2.38 bits per heavy atom. The predicted octanol–water partition coefficient (Wildman–Crippen LogP) is 3.31. The van der Waals surface area contributed by atoms with E-state index in [4.69, 9.17) is 9.47 Å². The van der Waals surface area contributed by atoms with Crippen LogP contribution in [0, 0.1) is 6.92 Å². The normalized spacial score (nSPS) is 13.6. The third-order valence-corrected chi connectivity index (χ3v) is 7.73. The van der Waals surface area contributed by atoms with Crippen LogP contribution in [0.15, 0.2) is 77.7 Å². The molecular formula is C27H29N3O6S. The minimum atomic E-state index is -4.13. The molecule has 9 nitrogen and oxygen atoms in total. The monoisotopic (exact) mass is 523 g/mol. The molecule has 0 aromatic heterocycles. The minimum Gasteiger partial charge on any atom is -0.495 e. The molecule has 2 amide bonds. The van der Waals surface area contributed by atoms with Gasteiger partial charge in [0.25, 0.3) is 15.9 Å². The van der Waals surface area contributed by atoms with Crippen molar-refractivity contribution in [2.24, 2.45) is 0 Å². The number of carbonyl (C=O) groups is 2. The first-order chi connectivity index (χ1) is 17.8. The van der Waals surface area contributed by atoms with Crippen molar-refractivity contribution in [2.75, 3.05) is 49.6 Å². The Labute approximate surface area is 216 Å². The first-order valence-corrected chi connectivity index (χ1v) is 13.2. The Morgan fingerprint density at radius 1 is 1.00 bits per heavy atom. The lowest BCUT2D eigenvalue weighted by atomic mass is 10.1. The lowest BCUT2D eigenvalue weighted by Gasteiger charge is -2.28. The van der Waals surface area contributed by atoms with Gasteiger partial charge < -0.3 is 19.7 Å². The van der Waals surface area contributed by atoms with E-state index < -0.39 is 22.5 Å². The number of amides is 2. The summed E-state index contributed by atoms with van der Waals surface area (Å²) in [6.07, 6.45) is 0. The molecule has 0 unspecified atom stereocenters. The van der Waals surface area contributed by atoms with E-state index in [9.17, 15) is 18.0 Å². The molecule has 1 saturated heterocycles. The number of nitrogens with one attached hydrogen (secondary N) is 1. The van der Waals surface area contributed by atoms with E-state index in [2.05, 4.69) is 5.32 Å². The second-order valence-electron chi connectivity index (χ2n) is 8.50. The Hall–Kier alpha value is -3.89. The van der Waals surface area contributed by atoms with Gasteiger partial charge in [0.15, 0.2) is 0 Å². The molecule has 1 aliphatic heterocycles. The van der Waals surface area contributed by atoms with Gasteiger partial charge in [0.1, 0.15) is 12.3 Å². The van der Waals surface area contributed by atoms with E-state index in [0.29, 0.717) is 43.3 Å². The fourth-order valence-corrected chi connectivity index (χ4v) is 5.49. The highest BCUT2D eigenvalue weighted by Gasteiger charge is 2.30. The molecule has 4 rings (SSSR count). The Balaban J connectivity index is 1.66. The van der Waals surface area contributed by atoms with Crippen LogP contribution in [0.25, 0.3) is 0 Å². The predicted molar refractivity (Wildman–Crippen MR) is 140 cm³/mol. The molecule has 1 heterocycles. The van der Waals surface area contributed by atoms with Gasteiger partial charge in [0, 0.05) is 13.1 Å². The number of benzene rings is 3. The van der Waals surface area contributed by atoms with Crippen molar-refractivity contribution in [3.8, 4) is 5.75 Å². The molecule has 10 heteroatoms. The Kier molecular flexibility index (Phi) is 8.10. The van der Waals surface area contributed by atoms with Crippen molar-refractivity contribution in [1.29, 1.82) is 0 Å². The van der Waals surface area contributed by atoms with Gasteiger partial charge in [0.2, 0.25) is 5.91 Å². The van der Waals surface area contributed by atoms with E-state index in [1.54, 1.807) is 65.6 Å². The molecule has 0 aliphatic carbocycles. The molecular weight excluding hydrogens is 494 g/mol. The van der Waals surface area contributed by atoms with Crippen LogP contribution < -0.4 is 14.4 Å². The van der Waals surface area contributed by atoms with Gasteiger partial charge in [-0.1, -0.05) is 36.4 Å². The number of rotatable bonds is 8. The van der Waals surface area contributed by atoms with Crippen molar-refractivity contribution in [1.82, 2.24) is 4.90 Å². The van der Waals surface area contributed by atoms with Gasteiger partial charge in [-0.2, -0.15) is 0 Å². The van der Waals surface area contributed by atoms with Crippen LogP contribution in [0.1, 0.15) is 15.9 Å². The molecule has 37 heavy (non-hydrogen) atoms. The molecule has 1 aliphatic rings. The number of sulfonamides is 1. The topological polar surface area (TPSA) is 105 Å². The summed E-state index contributed by atoms with van der Waals surface area (Å²) in [5.41, 5.74) is 1.66. The van der Waals surface area contributed by atoms with Crippen LogP contribution in [-0.4, -0.2) is 65.1 Å². The minimum absolute atomic E-state index is 0.0363. The summed E-state index contributed by atoms with van der Waals surface area (Å²) in [6, 6.07) is 19.7. The second-order valence-corrected chi connectivity index (χ2v) is 10.4. The smallest absolute Gasteiger partial charge is 0.264 e. The van der Waals surface area contributed by atoms with E-state index in [-0.39, 0.29) is 16.5 Å². The summed E-state index contributed by atoms with van der Waals surface area (Å²) in [6.45, 7) is 3.10. The van der Waals surface area contributed by atoms with Gasteiger partial charge in [-0.3, -0.25) is 13.9 Å². The molecule has 1 fully saturated rings. The van der Waals surface area contributed by atoms with E-state index in [1.807, 2.05) is 6.92 Å². The zero-order chi connectivity index (χ0) is 26.4. The molecule has 0 atom stereocenters. The van der Waals surface area contributed by atoms with Crippen molar-refractivity contribution < 1.29 is 27.5 Å². The summed E-state index contributed by atoms with van der Waals surface area (Å²) in [5, 5.41) is 2.74. The lowest BCUT2D eigenvalue weighted by Crippen LogP contribution is -2.41. The summed E-state index contributed by atoms with van der Waals surface area (Å²) >= 11 is 0. The number of carbonyl (C=O) groups excluding carboxylic acids is 2. The number of hydrogen-bond acceptors (Lipinski definition) is 6. The summed E-state index contributed by atoms with van der Waals surface area (Å²) in [5.74, 6) is -0.528. The number of morpholine rings is 1. The van der Waals surface area contributed by atoms with Crippen molar-refractivity contribution in [3.05, 3.63) is 83.9 Å². The quantitative estimate of drug-likeness (QED) is 0.486. The first-order valence-electron chi connectivity index (χ1n) is 11.8. The maximum absolute atomic E-state index is 13.7. The number of hydrogen-bond donors (Lipinski definition) is 1. The number of nitrogens with zero attached hydrogens (tertiary/aromatic N) is 2. The van der Waals surface area contributed by atoms with Gasteiger partial charge >= 0.3 is 0 Å². The number of anilines is 2. The van der Waals surface area contributed by atoms with Crippen LogP contribution in [0.3, 0.4) is 0 Å². The largest absolute Gasteiger partial charge is 0.495 e. The number of methoxy groups -OCH3 is 1. The average molecular weight is 524 g/mol. The summed E-state index contributed by atoms with van der Waals surface area (Å²) in [7, 11) is -2.69. The molecule has 0 radical (unpaired) electrons.